The van der Waals surface area contributed by atoms with E-state index < -0.39 is 0 Å². The monoisotopic (exact) mass is 414 g/mol. The number of rotatable bonds is 6. The number of aliphatic imine (C=N–C) groups is 1. The van der Waals surface area contributed by atoms with Gasteiger partial charge in [-0.1, -0.05) is 0 Å². The van der Waals surface area contributed by atoms with Crippen LogP contribution >= 0.6 is 35.7 Å². The highest BCUT2D eigenvalue weighted by Gasteiger charge is 2.21. The normalized spacial score (nSPS) is 20.6. The molecule has 1 rings (SSSR count). The molecule has 0 spiro atoms. The first-order valence-electron chi connectivity index (χ1n) is 7.34. The van der Waals surface area contributed by atoms with Crippen LogP contribution in [0.4, 0.5) is 0 Å². The maximum absolute atomic E-state index is 4.27. The zero-order valence-electron chi connectivity index (χ0n) is 13.3. The molecule has 1 heterocycles. The fraction of sp³-hybridized carbons (Fsp3) is 0.929. The van der Waals surface area contributed by atoms with E-state index in [0.29, 0.717) is 6.04 Å². The predicted molar refractivity (Wildman–Crippen MR) is 103 cm³/mol. The maximum atomic E-state index is 4.27. The molecular formula is C14H31IN4S. The topological polar surface area (TPSA) is 39.7 Å². The lowest BCUT2D eigenvalue weighted by molar-refractivity contribution is 0.141. The fourth-order valence-electron chi connectivity index (χ4n) is 2.47. The second kappa shape index (κ2) is 11.9. The molecule has 0 bridgehead atoms. The molecule has 1 atom stereocenters. The molecule has 4 nitrogen and oxygen atoms in total. The van der Waals surface area contributed by atoms with Crippen molar-refractivity contribution < 1.29 is 0 Å². The number of nitrogens with zero attached hydrogens (tertiary/aromatic N) is 2. The molecule has 6 heteroatoms. The van der Waals surface area contributed by atoms with Gasteiger partial charge in [0.1, 0.15) is 0 Å². The van der Waals surface area contributed by atoms with Crippen LogP contribution in [0.2, 0.25) is 0 Å². The van der Waals surface area contributed by atoms with Crippen LogP contribution in [0.1, 0.15) is 26.7 Å². The lowest BCUT2D eigenvalue weighted by Crippen LogP contribution is -2.46. The molecule has 0 radical (unpaired) electrons. The van der Waals surface area contributed by atoms with Gasteiger partial charge >= 0.3 is 0 Å². The van der Waals surface area contributed by atoms with E-state index in [1.807, 2.05) is 18.8 Å². The molecule has 0 aromatic rings. The zero-order chi connectivity index (χ0) is 14.1. The number of halogens is 1. The first-order chi connectivity index (χ1) is 9.17. The Balaban J connectivity index is 0.00000361. The molecule has 0 aliphatic carbocycles. The minimum atomic E-state index is 0. The summed E-state index contributed by atoms with van der Waals surface area (Å²) in [7, 11) is 1.84. The van der Waals surface area contributed by atoms with Crippen LogP contribution in [0, 0.1) is 5.92 Å². The van der Waals surface area contributed by atoms with Gasteiger partial charge in [-0.3, -0.25) is 4.99 Å². The number of thioether (sulfide) groups is 1. The van der Waals surface area contributed by atoms with Crippen molar-refractivity contribution in [2.75, 3.05) is 45.2 Å². The smallest absolute Gasteiger partial charge is 0.191 e. The molecule has 0 aromatic carbocycles. The highest BCUT2D eigenvalue weighted by molar-refractivity contribution is 14.0. The van der Waals surface area contributed by atoms with Crippen LogP contribution in [-0.4, -0.2) is 62.1 Å². The van der Waals surface area contributed by atoms with Crippen molar-refractivity contribution in [3.63, 3.8) is 0 Å². The molecule has 1 aliphatic heterocycles. The number of piperidine rings is 1. The van der Waals surface area contributed by atoms with Gasteiger partial charge in [-0.15, -0.1) is 24.0 Å². The Hall–Kier alpha value is 0.310. The minimum absolute atomic E-state index is 0. The Morgan fingerprint density at radius 3 is 2.75 bits per heavy atom. The van der Waals surface area contributed by atoms with Gasteiger partial charge in [-0.05, 0) is 45.4 Å². The SMILES string of the molecule is CN=C(NCCSC)NCC1CCCN(C(C)C)C1.I. The summed E-state index contributed by atoms with van der Waals surface area (Å²) in [5, 5.41) is 6.81. The highest BCUT2D eigenvalue weighted by atomic mass is 127. The van der Waals surface area contributed by atoms with Crippen LogP contribution in [0.3, 0.4) is 0 Å². The predicted octanol–water partition coefficient (Wildman–Crippen LogP) is 2.25. The summed E-state index contributed by atoms with van der Waals surface area (Å²) in [5.74, 6) is 2.80. The molecule has 20 heavy (non-hydrogen) atoms. The summed E-state index contributed by atoms with van der Waals surface area (Å²) < 4.78 is 0. The van der Waals surface area contributed by atoms with E-state index in [1.54, 1.807) is 0 Å². The number of likely N-dealkylation sites (tertiary alicyclic amines) is 1. The molecule has 1 aliphatic rings. The third kappa shape index (κ3) is 7.93. The van der Waals surface area contributed by atoms with Crippen LogP contribution in [-0.2, 0) is 0 Å². The average molecular weight is 414 g/mol. The van der Waals surface area contributed by atoms with Gasteiger partial charge in [0, 0.05) is 38.5 Å². The Morgan fingerprint density at radius 2 is 2.15 bits per heavy atom. The van der Waals surface area contributed by atoms with Gasteiger partial charge in [-0.2, -0.15) is 11.8 Å². The molecular weight excluding hydrogens is 383 g/mol. The van der Waals surface area contributed by atoms with Crippen molar-refractivity contribution >= 4 is 41.7 Å². The summed E-state index contributed by atoms with van der Waals surface area (Å²) >= 11 is 1.85. The molecule has 120 valence electrons. The van der Waals surface area contributed by atoms with Crippen LogP contribution in [0.15, 0.2) is 4.99 Å². The quantitative estimate of drug-likeness (QED) is 0.303. The van der Waals surface area contributed by atoms with Gasteiger partial charge in [0.05, 0.1) is 0 Å². The van der Waals surface area contributed by atoms with Gasteiger partial charge < -0.3 is 15.5 Å². The Labute approximate surface area is 145 Å². The molecule has 1 fully saturated rings. The van der Waals surface area contributed by atoms with Crippen LogP contribution in [0.25, 0.3) is 0 Å². The number of hydrogen-bond acceptors (Lipinski definition) is 3. The standard InChI is InChI=1S/C14H30N4S.HI/c1-12(2)18-8-5-6-13(11-18)10-17-14(15-3)16-7-9-19-4;/h12-13H,5-11H2,1-4H3,(H2,15,16,17);1H. The summed E-state index contributed by atoms with van der Waals surface area (Å²) in [6, 6.07) is 0.668. The van der Waals surface area contributed by atoms with E-state index in [-0.39, 0.29) is 24.0 Å². The zero-order valence-corrected chi connectivity index (χ0v) is 16.5. The second-order valence-corrected chi connectivity index (χ2v) is 6.46. The molecule has 0 amide bonds. The maximum Gasteiger partial charge on any atom is 0.191 e. The number of nitrogens with one attached hydrogen (secondary N) is 2. The summed E-state index contributed by atoms with van der Waals surface area (Å²) in [5.41, 5.74) is 0. The van der Waals surface area contributed by atoms with Gasteiger partial charge in [0.15, 0.2) is 5.96 Å². The van der Waals surface area contributed by atoms with E-state index in [1.165, 1.54) is 25.9 Å². The third-order valence-corrected chi connectivity index (χ3v) is 4.27. The summed E-state index contributed by atoms with van der Waals surface area (Å²) in [4.78, 5) is 6.85. The first-order valence-corrected chi connectivity index (χ1v) is 8.74. The molecule has 1 saturated heterocycles. The van der Waals surface area contributed by atoms with Crippen LogP contribution < -0.4 is 10.6 Å². The Kier molecular flexibility index (Phi) is 12.1. The van der Waals surface area contributed by atoms with Gasteiger partial charge in [-0.25, -0.2) is 0 Å². The van der Waals surface area contributed by atoms with E-state index in [0.717, 1.165) is 30.7 Å². The number of guanidine groups is 1. The highest BCUT2D eigenvalue weighted by Crippen LogP contribution is 2.17. The lowest BCUT2D eigenvalue weighted by atomic mass is 9.97. The van der Waals surface area contributed by atoms with E-state index >= 15 is 0 Å². The van der Waals surface area contributed by atoms with E-state index in [4.69, 9.17) is 0 Å². The largest absolute Gasteiger partial charge is 0.356 e. The van der Waals surface area contributed by atoms with Crippen molar-refractivity contribution in [3.8, 4) is 0 Å². The van der Waals surface area contributed by atoms with Crippen molar-refractivity contribution in [3.05, 3.63) is 0 Å². The van der Waals surface area contributed by atoms with Crippen molar-refractivity contribution in [2.24, 2.45) is 10.9 Å². The number of hydrogen-bond donors (Lipinski definition) is 2. The molecule has 0 aromatic heterocycles. The molecule has 0 saturated carbocycles. The van der Waals surface area contributed by atoms with Crippen molar-refractivity contribution in [1.29, 1.82) is 0 Å². The van der Waals surface area contributed by atoms with Crippen LogP contribution in [0.5, 0.6) is 0 Å². The van der Waals surface area contributed by atoms with Crippen molar-refractivity contribution in [2.45, 2.75) is 32.7 Å². The Morgan fingerprint density at radius 1 is 1.40 bits per heavy atom. The molecule has 2 N–H and O–H groups in total. The van der Waals surface area contributed by atoms with E-state index in [9.17, 15) is 0 Å². The average Bonchev–Trinajstić information content (AvgIpc) is 2.43. The molecule has 1 unspecified atom stereocenters. The summed E-state index contributed by atoms with van der Waals surface area (Å²) in [6.45, 7) is 9.06. The van der Waals surface area contributed by atoms with Gasteiger partial charge in [0.2, 0.25) is 0 Å². The summed E-state index contributed by atoms with van der Waals surface area (Å²) in [6.07, 6.45) is 4.78. The van der Waals surface area contributed by atoms with Crippen molar-refractivity contribution in [1.82, 2.24) is 15.5 Å². The van der Waals surface area contributed by atoms with E-state index in [2.05, 4.69) is 40.6 Å². The minimum Gasteiger partial charge on any atom is -0.356 e. The first kappa shape index (κ1) is 20.3. The third-order valence-electron chi connectivity index (χ3n) is 3.66. The Bertz CT molecular complexity index is 274. The lowest BCUT2D eigenvalue weighted by Gasteiger charge is -2.35. The van der Waals surface area contributed by atoms with Gasteiger partial charge in [0.25, 0.3) is 0 Å². The fourth-order valence-corrected chi connectivity index (χ4v) is 2.77. The second-order valence-electron chi connectivity index (χ2n) is 5.47.